The molecule has 10 heteroatoms. The minimum absolute atomic E-state index is 0.0829. The van der Waals surface area contributed by atoms with E-state index in [1.54, 1.807) is 29.8 Å². The first-order chi connectivity index (χ1) is 15.4. The maximum Gasteiger partial charge on any atom is 0.260 e. The molecule has 0 radical (unpaired) electrons. The first-order valence-electron chi connectivity index (χ1n) is 9.73. The minimum atomic E-state index is -1.52. The van der Waals surface area contributed by atoms with Gasteiger partial charge in [0.25, 0.3) is 5.56 Å². The lowest BCUT2D eigenvalue weighted by molar-refractivity contribution is -0.118. The molecule has 2 aliphatic heterocycles. The van der Waals surface area contributed by atoms with E-state index in [-0.39, 0.29) is 16.2 Å². The third-order valence-corrected chi connectivity index (χ3v) is 6.29. The number of aryl methyl sites for hydroxylation is 1. The van der Waals surface area contributed by atoms with Crippen LogP contribution < -0.4 is 15.6 Å². The van der Waals surface area contributed by atoms with Gasteiger partial charge in [0.05, 0.1) is 16.9 Å². The molecule has 2 aliphatic rings. The lowest BCUT2D eigenvalue weighted by Gasteiger charge is -2.33. The Labute approximate surface area is 190 Å². The van der Waals surface area contributed by atoms with E-state index in [2.05, 4.69) is 20.4 Å². The lowest BCUT2D eigenvalue weighted by Crippen LogP contribution is -2.44. The Morgan fingerprint density at radius 3 is 2.66 bits per heavy atom. The van der Waals surface area contributed by atoms with Crippen molar-refractivity contribution >= 4 is 35.4 Å². The van der Waals surface area contributed by atoms with Crippen molar-refractivity contribution in [1.82, 2.24) is 19.7 Å². The monoisotopic (exact) mass is 463 g/mol. The summed E-state index contributed by atoms with van der Waals surface area (Å²) in [7, 11) is 0. The first-order valence-corrected chi connectivity index (χ1v) is 10.5. The van der Waals surface area contributed by atoms with Crippen LogP contribution in [0.25, 0.3) is 5.69 Å². The van der Waals surface area contributed by atoms with Crippen molar-refractivity contribution in [2.24, 2.45) is 0 Å². The summed E-state index contributed by atoms with van der Waals surface area (Å²) >= 11 is 11.5. The van der Waals surface area contributed by atoms with Gasteiger partial charge in [-0.1, -0.05) is 29.8 Å². The van der Waals surface area contributed by atoms with Gasteiger partial charge in [-0.3, -0.25) is 14.6 Å². The predicted molar refractivity (Wildman–Crippen MR) is 121 cm³/mol. The van der Waals surface area contributed by atoms with Gasteiger partial charge in [0.2, 0.25) is 17.7 Å². The van der Waals surface area contributed by atoms with Crippen molar-refractivity contribution in [3.63, 3.8) is 0 Å². The van der Waals surface area contributed by atoms with Crippen LogP contribution in [0.3, 0.4) is 0 Å². The van der Waals surface area contributed by atoms with Crippen LogP contribution in [-0.2, 0) is 10.2 Å². The molecular formula is C22H14ClN5O3S. The second-order valence-corrected chi connectivity index (χ2v) is 8.47. The summed E-state index contributed by atoms with van der Waals surface area (Å²) in [6.07, 6.45) is 0. The molecule has 1 atom stereocenters. The summed E-state index contributed by atoms with van der Waals surface area (Å²) in [5.74, 6) is 0.0130. The van der Waals surface area contributed by atoms with E-state index >= 15 is 0 Å². The lowest BCUT2D eigenvalue weighted by atomic mass is 9.69. The van der Waals surface area contributed by atoms with E-state index in [0.29, 0.717) is 33.4 Å². The number of amides is 1. The van der Waals surface area contributed by atoms with Crippen molar-refractivity contribution < 1.29 is 9.53 Å². The standard InChI is InChI=1S/C22H14ClN5O3S/c1-10-15-19(28(27-10)12-5-3-2-4-6-12)31-18-16(17(29)25-21(32)26-18)22(15)13-9-11(23)7-8-14(13)24-20(22)30/h2-9H,1H3,(H,24,30)(H2,25,26,29,32). The molecule has 4 aromatic rings. The Bertz CT molecular complexity index is 1570. The Kier molecular flexibility index (Phi) is 3.81. The Balaban J connectivity index is 1.80. The van der Waals surface area contributed by atoms with E-state index in [0.717, 1.165) is 5.69 Å². The number of hydrogen-bond acceptors (Lipinski definition) is 5. The predicted octanol–water partition coefficient (Wildman–Crippen LogP) is 3.97. The molecule has 4 heterocycles. The van der Waals surface area contributed by atoms with Gasteiger partial charge in [-0.15, -0.1) is 0 Å². The van der Waals surface area contributed by atoms with E-state index < -0.39 is 16.9 Å². The number of hydrogen-bond donors (Lipinski definition) is 3. The third kappa shape index (κ3) is 2.32. The maximum absolute atomic E-state index is 13.7. The molecule has 6 rings (SSSR count). The highest BCUT2D eigenvalue weighted by Gasteiger charge is 2.59. The van der Waals surface area contributed by atoms with Crippen LogP contribution in [0.1, 0.15) is 22.4 Å². The SMILES string of the molecule is Cc1nn(-c2ccccc2)c2c1C1(C(=O)Nc3ccc(Cl)cc31)c1c([nH]c(=S)[nH]c1=O)O2. The van der Waals surface area contributed by atoms with Gasteiger partial charge in [-0.05, 0) is 49.5 Å². The average molecular weight is 464 g/mol. The zero-order valence-corrected chi connectivity index (χ0v) is 18.1. The van der Waals surface area contributed by atoms with E-state index in [1.807, 2.05) is 30.3 Å². The molecular weight excluding hydrogens is 450 g/mol. The Morgan fingerprint density at radius 1 is 1.09 bits per heavy atom. The van der Waals surface area contributed by atoms with Gasteiger partial charge >= 0.3 is 0 Å². The molecule has 158 valence electrons. The second-order valence-electron chi connectivity index (χ2n) is 7.62. The molecule has 3 N–H and O–H groups in total. The summed E-state index contributed by atoms with van der Waals surface area (Å²) in [5, 5.41) is 8.01. The molecule has 8 nitrogen and oxygen atoms in total. The Morgan fingerprint density at radius 2 is 1.88 bits per heavy atom. The molecule has 0 fully saturated rings. The number of para-hydroxylation sites is 1. The zero-order valence-electron chi connectivity index (χ0n) is 16.5. The van der Waals surface area contributed by atoms with Crippen molar-refractivity contribution in [1.29, 1.82) is 0 Å². The number of carbonyl (C=O) groups is 1. The topological polar surface area (TPSA) is 105 Å². The third-order valence-electron chi connectivity index (χ3n) is 5.85. The van der Waals surface area contributed by atoms with Crippen molar-refractivity contribution in [3.05, 3.63) is 91.1 Å². The van der Waals surface area contributed by atoms with Crippen molar-refractivity contribution in [3.8, 4) is 17.4 Å². The molecule has 2 aromatic carbocycles. The molecule has 32 heavy (non-hydrogen) atoms. The molecule has 1 amide bonds. The summed E-state index contributed by atoms with van der Waals surface area (Å²) in [6.45, 7) is 1.78. The highest BCUT2D eigenvalue weighted by molar-refractivity contribution is 7.71. The van der Waals surface area contributed by atoms with Gasteiger partial charge in [0.15, 0.2) is 4.77 Å². The number of nitrogens with zero attached hydrogens (tertiary/aromatic N) is 2. The summed E-state index contributed by atoms with van der Waals surface area (Å²) in [6, 6.07) is 14.5. The number of halogens is 1. The molecule has 0 saturated heterocycles. The number of H-pyrrole nitrogens is 2. The Hall–Kier alpha value is -3.69. The van der Waals surface area contributed by atoms with Gasteiger partial charge in [0, 0.05) is 16.3 Å². The van der Waals surface area contributed by atoms with Crippen LogP contribution in [-0.4, -0.2) is 25.7 Å². The second kappa shape index (κ2) is 6.41. The fourth-order valence-electron chi connectivity index (χ4n) is 4.65. The van der Waals surface area contributed by atoms with Crippen LogP contribution >= 0.6 is 23.8 Å². The summed E-state index contributed by atoms with van der Waals surface area (Å²) < 4.78 is 7.87. The van der Waals surface area contributed by atoms with Gasteiger partial charge in [0.1, 0.15) is 11.0 Å². The quantitative estimate of drug-likeness (QED) is 0.370. The number of aromatic nitrogens is 4. The fourth-order valence-corrected chi connectivity index (χ4v) is 5.01. The zero-order chi connectivity index (χ0) is 22.2. The number of ether oxygens (including phenoxy) is 1. The molecule has 1 spiro atoms. The van der Waals surface area contributed by atoms with Crippen LogP contribution in [0.2, 0.25) is 5.02 Å². The highest BCUT2D eigenvalue weighted by atomic mass is 35.5. The maximum atomic E-state index is 13.7. The first kappa shape index (κ1) is 19.0. The molecule has 2 aromatic heterocycles. The number of anilines is 1. The van der Waals surface area contributed by atoms with Crippen LogP contribution in [0.4, 0.5) is 5.69 Å². The number of nitrogens with one attached hydrogen (secondary N) is 3. The molecule has 0 saturated carbocycles. The fraction of sp³-hybridized carbons (Fsp3) is 0.0909. The smallest absolute Gasteiger partial charge is 0.260 e. The summed E-state index contributed by atoms with van der Waals surface area (Å²) in [4.78, 5) is 32.4. The summed E-state index contributed by atoms with van der Waals surface area (Å²) in [5.41, 5.74) is 0.927. The van der Waals surface area contributed by atoms with Crippen LogP contribution in [0.15, 0.2) is 53.3 Å². The minimum Gasteiger partial charge on any atom is -0.422 e. The number of fused-ring (bicyclic) bond motifs is 6. The van der Waals surface area contributed by atoms with Crippen LogP contribution in [0.5, 0.6) is 11.8 Å². The van der Waals surface area contributed by atoms with Crippen molar-refractivity contribution in [2.75, 3.05) is 5.32 Å². The van der Waals surface area contributed by atoms with Gasteiger partial charge < -0.3 is 15.0 Å². The molecule has 0 aliphatic carbocycles. The van der Waals surface area contributed by atoms with E-state index in [9.17, 15) is 9.59 Å². The van der Waals surface area contributed by atoms with Gasteiger partial charge in [-0.25, -0.2) is 4.68 Å². The number of carbonyl (C=O) groups excluding carboxylic acids is 1. The highest BCUT2D eigenvalue weighted by Crippen LogP contribution is 2.56. The van der Waals surface area contributed by atoms with Crippen LogP contribution in [0, 0.1) is 11.7 Å². The molecule has 0 bridgehead atoms. The number of benzene rings is 2. The normalized spacial score (nSPS) is 18.0. The van der Waals surface area contributed by atoms with Crippen molar-refractivity contribution in [2.45, 2.75) is 12.3 Å². The largest absolute Gasteiger partial charge is 0.422 e. The van der Waals surface area contributed by atoms with Gasteiger partial charge in [-0.2, -0.15) is 5.10 Å². The number of rotatable bonds is 1. The average Bonchev–Trinajstić information content (AvgIpc) is 3.23. The van der Waals surface area contributed by atoms with E-state index in [4.69, 9.17) is 28.6 Å². The van der Waals surface area contributed by atoms with E-state index in [1.165, 1.54) is 0 Å². The molecule has 1 unspecified atom stereocenters. The number of aromatic amines is 2.